The number of benzene rings is 2. The van der Waals surface area contributed by atoms with E-state index in [1.807, 2.05) is 19.1 Å². The lowest BCUT2D eigenvalue weighted by Gasteiger charge is -2.31. The summed E-state index contributed by atoms with van der Waals surface area (Å²) in [6.45, 7) is 5.43. The van der Waals surface area contributed by atoms with E-state index in [0.717, 1.165) is 24.0 Å². The molecule has 1 saturated heterocycles. The van der Waals surface area contributed by atoms with Crippen LogP contribution in [0.5, 0.6) is 0 Å². The highest BCUT2D eigenvalue weighted by Crippen LogP contribution is 2.39. The van der Waals surface area contributed by atoms with Crippen molar-refractivity contribution in [1.82, 2.24) is 9.80 Å². The highest BCUT2D eigenvalue weighted by molar-refractivity contribution is 6.16. The molecule has 2 aliphatic rings. The number of ketones is 1. The number of ether oxygens (including phenoxy) is 1. The summed E-state index contributed by atoms with van der Waals surface area (Å²) in [6.07, 6.45) is 0. The number of rotatable bonds is 6. The summed E-state index contributed by atoms with van der Waals surface area (Å²) >= 11 is 0. The van der Waals surface area contributed by atoms with Crippen molar-refractivity contribution in [2.45, 2.75) is 13.0 Å². The summed E-state index contributed by atoms with van der Waals surface area (Å²) in [5.41, 5.74) is 1.85. The Bertz CT molecular complexity index is 1290. The molecule has 1 amide bonds. The van der Waals surface area contributed by atoms with Crippen LogP contribution in [-0.2, 0) is 9.53 Å². The SMILES string of the molecule is Cc1ccc2oc(C(=O)C3=C(O)C(=O)N(CCN4CCOCC4)C3c3cccc(F)c3)cc2c1. The van der Waals surface area contributed by atoms with Crippen LogP contribution >= 0.6 is 0 Å². The van der Waals surface area contributed by atoms with Crippen molar-refractivity contribution in [3.63, 3.8) is 0 Å². The van der Waals surface area contributed by atoms with Gasteiger partial charge in [-0.25, -0.2) is 4.39 Å². The Morgan fingerprint density at radius 2 is 1.91 bits per heavy atom. The molecule has 0 radical (unpaired) electrons. The van der Waals surface area contributed by atoms with Gasteiger partial charge < -0.3 is 19.2 Å². The van der Waals surface area contributed by atoms with E-state index < -0.39 is 29.3 Å². The molecule has 1 atom stereocenters. The zero-order valence-corrected chi connectivity index (χ0v) is 18.8. The number of carbonyl (C=O) groups excluding carboxylic acids is 2. The number of aryl methyl sites for hydroxylation is 1. The van der Waals surface area contributed by atoms with Gasteiger partial charge in [-0.3, -0.25) is 14.5 Å². The normalized spacial score (nSPS) is 19.4. The van der Waals surface area contributed by atoms with E-state index in [1.54, 1.807) is 18.2 Å². The van der Waals surface area contributed by atoms with Gasteiger partial charge in [-0.2, -0.15) is 0 Å². The topological polar surface area (TPSA) is 83.2 Å². The lowest BCUT2D eigenvalue weighted by Crippen LogP contribution is -2.43. The van der Waals surface area contributed by atoms with Crippen molar-refractivity contribution >= 4 is 22.7 Å². The first-order chi connectivity index (χ1) is 16.4. The minimum atomic E-state index is -0.924. The van der Waals surface area contributed by atoms with Crippen molar-refractivity contribution in [3.05, 3.63) is 82.6 Å². The number of furan rings is 1. The standard InChI is InChI=1S/C26H25FN2O5/c1-16-5-6-20-18(13-16)15-21(34-20)24(30)22-23(17-3-2-4-19(27)14-17)29(26(32)25(22)31)8-7-28-9-11-33-12-10-28/h2-6,13-15,23,31H,7-12H2,1H3. The second-order valence-electron chi connectivity index (χ2n) is 8.65. The number of halogens is 1. The average molecular weight is 464 g/mol. The summed E-state index contributed by atoms with van der Waals surface area (Å²) in [5, 5.41) is 11.6. The summed E-state index contributed by atoms with van der Waals surface area (Å²) in [6, 6.07) is 12.0. The van der Waals surface area contributed by atoms with Crippen molar-refractivity contribution < 1.29 is 28.2 Å². The molecule has 1 N–H and O–H groups in total. The van der Waals surface area contributed by atoms with Gasteiger partial charge in [0.15, 0.2) is 11.5 Å². The molecule has 1 aromatic heterocycles. The maximum absolute atomic E-state index is 14.1. The molecule has 7 nitrogen and oxygen atoms in total. The second-order valence-corrected chi connectivity index (χ2v) is 8.65. The van der Waals surface area contributed by atoms with Crippen LogP contribution < -0.4 is 0 Å². The summed E-state index contributed by atoms with van der Waals surface area (Å²) in [7, 11) is 0. The molecule has 2 aromatic carbocycles. The van der Waals surface area contributed by atoms with Gasteiger partial charge >= 0.3 is 0 Å². The Balaban J connectivity index is 1.51. The van der Waals surface area contributed by atoms with E-state index in [4.69, 9.17) is 9.15 Å². The van der Waals surface area contributed by atoms with Gasteiger partial charge in [0.2, 0.25) is 5.78 Å². The number of nitrogens with zero attached hydrogens (tertiary/aromatic N) is 2. The van der Waals surface area contributed by atoms with Crippen LogP contribution in [0.25, 0.3) is 11.0 Å². The molecule has 3 heterocycles. The first-order valence-electron chi connectivity index (χ1n) is 11.3. The van der Waals surface area contributed by atoms with E-state index in [0.29, 0.717) is 30.9 Å². The van der Waals surface area contributed by atoms with Crippen LogP contribution in [-0.4, -0.2) is 66.0 Å². The Hall–Kier alpha value is -3.49. The predicted molar refractivity (Wildman–Crippen MR) is 123 cm³/mol. The third-order valence-electron chi connectivity index (χ3n) is 6.37. The fourth-order valence-electron chi connectivity index (χ4n) is 4.62. The number of hydrogen-bond acceptors (Lipinski definition) is 6. The molecule has 1 unspecified atom stereocenters. The maximum Gasteiger partial charge on any atom is 0.290 e. The molecule has 1 fully saturated rings. The largest absolute Gasteiger partial charge is 0.503 e. The van der Waals surface area contributed by atoms with Gasteiger partial charge in [-0.1, -0.05) is 23.8 Å². The molecule has 34 heavy (non-hydrogen) atoms. The Labute approximate surface area is 196 Å². The van der Waals surface area contributed by atoms with Crippen LogP contribution in [0.4, 0.5) is 4.39 Å². The zero-order chi connectivity index (χ0) is 23.8. The van der Waals surface area contributed by atoms with E-state index in [9.17, 15) is 19.1 Å². The van der Waals surface area contributed by atoms with Crippen LogP contribution in [0.3, 0.4) is 0 Å². The van der Waals surface area contributed by atoms with Crippen molar-refractivity contribution in [3.8, 4) is 0 Å². The number of morpholine rings is 1. The van der Waals surface area contributed by atoms with Crippen molar-refractivity contribution in [2.75, 3.05) is 39.4 Å². The Morgan fingerprint density at radius 1 is 1.12 bits per heavy atom. The van der Waals surface area contributed by atoms with Crippen molar-refractivity contribution in [1.29, 1.82) is 0 Å². The number of aliphatic hydroxyl groups excluding tert-OH is 1. The fourth-order valence-corrected chi connectivity index (χ4v) is 4.62. The average Bonchev–Trinajstić information content (AvgIpc) is 3.36. The van der Waals surface area contributed by atoms with E-state index in [2.05, 4.69) is 4.90 Å². The quantitative estimate of drug-likeness (QED) is 0.559. The van der Waals surface area contributed by atoms with Crippen LogP contribution in [0, 0.1) is 12.7 Å². The second kappa shape index (κ2) is 9.04. The number of hydrogen-bond donors (Lipinski definition) is 1. The lowest BCUT2D eigenvalue weighted by atomic mass is 9.95. The van der Waals surface area contributed by atoms with Crippen LogP contribution in [0.2, 0.25) is 0 Å². The molecule has 0 spiro atoms. The molecule has 2 aliphatic heterocycles. The van der Waals surface area contributed by atoms with Gasteiger partial charge in [0.25, 0.3) is 5.91 Å². The maximum atomic E-state index is 14.1. The zero-order valence-electron chi connectivity index (χ0n) is 18.8. The first kappa shape index (κ1) is 22.3. The number of Topliss-reactive ketones (excluding diaryl/α,β-unsaturated/α-hetero) is 1. The Kier molecular flexibility index (Phi) is 5.93. The Morgan fingerprint density at radius 3 is 2.68 bits per heavy atom. The summed E-state index contributed by atoms with van der Waals surface area (Å²) in [5.74, 6) is -2.35. The third kappa shape index (κ3) is 4.10. The van der Waals surface area contributed by atoms with Gasteiger partial charge in [0.05, 0.1) is 24.8 Å². The molecule has 0 bridgehead atoms. The number of aliphatic hydroxyl groups is 1. The molecule has 3 aromatic rings. The smallest absolute Gasteiger partial charge is 0.290 e. The van der Waals surface area contributed by atoms with Gasteiger partial charge in [0, 0.05) is 31.6 Å². The summed E-state index contributed by atoms with van der Waals surface area (Å²) < 4.78 is 25.3. The number of fused-ring (bicyclic) bond motifs is 1. The van der Waals surface area contributed by atoms with E-state index in [-0.39, 0.29) is 17.9 Å². The number of amides is 1. The highest BCUT2D eigenvalue weighted by atomic mass is 19.1. The molecular weight excluding hydrogens is 439 g/mol. The minimum absolute atomic E-state index is 0.0198. The molecule has 176 valence electrons. The lowest BCUT2D eigenvalue weighted by molar-refractivity contribution is -0.129. The fraction of sp³-hybridized carbons (Fsp3) is 0.308. The molecule has 0 aliphatic carbocycles. The van der Waals surface area contributed by atoms with E-state index in [1.165, 1.54) is 23.1 Å². The van der Waals surface area contributed by atoms with Crippen LogP contribution in [0.1, 0.15) is 27.7 Å². The predicted octanol–water partition coefficient (Wildman–Crippen LogP) is 3.79. The van der Waals surface area contributed by atoms with Gasteiger partial charge in [-0.15, -0.1) is 0 Å². The van der Waals surface area contributed by atoms with Gasteiger partial charge in [-0.05, 0) is 42.8 Å². The minimum Gasteiger partial charge on any atom is -0.503 e. The molecule has 5 rings (SSSR count). The summed E-state index contributed by atoms with van der Waals surface area (Å²) in [4.78, 5) is 30.3. The molecular formula is C26H25FN2O5. The molecule has 0 saturated carbocycles. The third-order valence-corrected chi connectivity index (χ3v) is 6.37. The first-order valence-corrected chi connectivity index (χ1v) is 11.3. The monoisotopic (exact) mass is 464 g/mol. The van der Waals surface area contributed by atoms with Gasteiger partial charge in [0.1, 0.15) is 11.4 Å². The van der Waals surface area contributed by atoms with Crippen molar-refractivity contribution in [2.24, 2.45) is 0 Å². The van der Waals surface area contributed by atoms with E-state index >= 15 is 0 Å². The number of carbonyl (C=O) groups is 2. The van der Waals surface area contributed by atoms with Crippen LogP contribution in [0.15, 0.2) is 64.3 Å². The highest BCUT2D eigenvalue weighted by Gasteiger charge is 2.44. The molecule has 8 heteroatoms.